The van der Waals surface area contributed by atoms with Gasteiger partial charge in [-0.2, -0.15) is 6.41 Å². The zero-order valence-corrected chi connectivity index (χ0v) is 11.0. The number of hydrogen-bond donors (Lipinski definition) is 0. The van der Waals surface area contributed by atoms with Crippen molar-refractivity contribution in [3.63, 3.8) is 0 Å². The van der Waals surface area contributed by atoms with Crippen LogP contribution in [0.5, 0.6) is 0 Å². The van der Waals surface area contributed by atoms with Gasteiger partial charge < -0.3 is 17.1 Å². The first-order chi connectivity index (χ1) is 5.36. The van der Waals surface area contributed by atoms with Gasteiger partial charge in [0.05, 0.1) is 0 Å². The molecule has 3 heteroatoms. The Balaban J connectivity index is 0. The van der Waals surface area contributed by atoms with Crippen LogP contribution in [0, 0.1) is 25.7 Å². The van der Waals surface area contributed by atoms with Gasteiger partial charge in [-0.1, -0.05) is 0 Å². The molecule has 0 bridgehead atoms. The third-order valence-electron chi connectivity index (χ3n) is 2.15. The predicted octanol–water partition coefficient (Wildman–Crippen LogP) is 1.24. The summed E-state index contributed by atoms with van der Waals surface area (Å²) < 4.78 is 0. The molecule has 1 rings (SSSR count). The predicted molar refractivity (Wildman–Crippen MR) is 49.9 cm³/mol. The van der Waals surface area contributed by atoms with E-state index < -0.39 is 0 Å². The number of amides is 1. The van der Waals surface area contributed by atoms with Crippen LogP contribution in [0.25, 0.3) is 0 Å². The maximum absolute atomic E-state index is 10.2. The molecule has 1 radical (unpaired) electrons. The van der Waals surface area contributed by atoms with Gasteiger partial charge in [-0.25, -0.2) is 0 Å². The molecular weight excluding hydrogens is 239 g/mol. The molecule has 1 fully saturated rings. The molecule has 0 aliphatic carbocycles. The summed E-state index contributed by atoms with van der Waals surface area (Å²) in [7, 11) is 0. The first-order valence-electron chi connectivity index (χ1n) is 3.93. The maximum Gasteiger partial charge on any atom is 0.0116 e. The van der Waals surface area contributed by atoms with Crippen LogP contribution in [0.3, 0.4) is 0 Å². The monoisotopic (exact) mass is 254 g/mol. The first-order valence-corrected chi connectivity index (χ1v) is 3.93. The number of likely N-dealkylation sites (tertiary alicyclic amines) is 1. The van der Waals surface area contributed by atoms with Gasteiger partial charge in [0.25, 0.3) is 0 Å². The quantitative estimate of drug-likeness (QED) is 0.536. The van der Waals surface area contributed by atoms with E-state index in [1.807, 2.05) is 6.41 Å². The molecule has 2 nitrogen and oxygen atoms in total. The second kappa shape index (κ2) is 8.72. The average molecular weight is 254 g/mol. The molecule has 1 heterocycles. The fraction of sp³-hybridized carbons (Fsp3) is 0.600. The number of piperidine rings is 1. The third-order valence-corrected chi connectivity index (χ3v) is 2.15. The van der Waals surface area contributed by atoms with E-state index in [0.29, 0.717) is 5.92 Å². The number of hydrogen-bond acceptors (Lipinski definition) is 1. The fourth-order valence-corrected chi connectivity index (χ4v) is 1.40. The first kappa shape index (κ1) is 15.6. The SMILES string of the molecule is C#CCC1CCN([C-]=O)CC1.[CH3-].[Y]. The Bertz CT molecular complexity index is 168. The largest absolute Gasteiger partial charge is 0.520 e. The second-order valence-corrected chi connectivity index (χ2v) is 2.93. The molecule has 71 valence electrons. The molecule has 0 aromatic rings. The topological polar surface area (TPSA) is 20.3 Å². The summed E-state index contributed by atoms with van der Waals surface area (Å²) in [6.45, 7) is 1.66. The smallest absolute Gasteiger partial charge is 0.0116 e. The van der Waals surface area contributed by atoms with Crippen LogP contribution in [0.4, 0.5) is 0 Å². The minimum atomic E-state index is 0. The minimum absolute atomic E-state index is 0. The van der Waals surface area contributed by atoms with Gasteiger partial charge in [-0.15, -0.1) is 12.3 Å². The normalized spacial score (nSPS) is 16.4. The van der Waals surface area contributed by atoms with Crippen LogP contribution in [0.1, 0.15) is 19.3 Å². The van der Waals surface area contributed by atoms with Gasteiger partial charge in [0.15, 0.2) is 0 Å². The fourth-order valence-electron chi connectivity index (χ4n) is 1.40. The van der Waals surface area contributed by atoms with Crippen molar-refractivity contribution in [3.05, 3.63) is 7.43 Å². The molecule has 13 heavy (non-hydrogen) atoms. The number of carbonyl (C=O) groups excluding carboxylic acids is 1. The van der Waals surface area contributed by atoms with E-state index in [9.17, 15) is 4.79 Å². The van der Waals surface area contributed by atoms with Gasteiger partial charge in [-0.3, -0.25) is 0 Å². The molecule has 1 aliphatic rings. The van der Waals surface area contributed by atoms with Crippen molar-refractivity contribution in [2.24, 2.45) is 5.92 Å². The Morgan fingerprint density at radius 1 is 1.46 bits per heavy atom. The van der Waals surface area contributed by atoms with Crippen LogP contribution >= 0.6 is 0 Å². The maximum atomic E-state index is 10.2. The Kier molecular flexibility index (Phi) is 10.5. The average Bonchev–Trinajstić information content (AvgIpc) is 2.07. The van der Waals surface area contributed by atoms with Crippen molar-refractivity contribution < 1.29 is 37.5 Å². The van der Waals surface area contributed by atoms with E-state index in [2.05, 4.69) is 5.92 Å². The van der Waals surface area contributed by atoms with Crippen LogP contribution in [-0.4, -0.2) is 24.4 Å². The number of terminal acetylenes is 1. The molecule has 0 atom stereocenters. The van der Waals surface area contributed by atoms with Crippen LogP contribution in [-0.2, 0) is 37.5 Å². The summed E-state index contributed by atoms with van der Waals surface area (Å²) in [6, 6.07) is 0. The number of rotatable bonds is 2. The van der Waals surface area contributed by atoms with Gasteiger partial charge >= 0.3 is 0 Å². The minimum Gasteiger partial charge on any atom is -0.520 e. The molecule has 1 aliphatic heterocycles. The van der Waals surface area contributed by atoms with Crippen LogP contribution in [0.2, 0.25) is 0 Å². The summed E-state index contributed by atoms with van der Waals surface area (Å²) in [5.41, 5.74) is 0. The van der Waals surface area contributed by atoms with Crippen molar-refractivity contribution >= 4 is 6.41 Å². The van der Waals surface area contributed by atoms with Gasteiger partial charge in [0, 0.05) is 39.1 Å². The van der Waals surface area contributed by atoms with E-state index in [1.165, 1.54) is 0 Å². The summed E-state index contributed by atoms with van der Waals surface area (Å²) in [5, 5.41) is 0. The van der Waals surface area contributed by atoms with E-state index >= 15 is 0 Å². The molecule has 1 saturated heterocycles. The summed E-state index contributed by atoms with van der Waals surface area (Å²) in [5.74, 6) is 3.28. The zero-order chi connectivity index (χ0) is 8.10. The van der Waals surface area contributed by atoms with Gasteiger partial charge in [0.2, 0.25) is 0 Å². The molecule has 0 aromatic heterocycles. The third kappa shape index (κ3) is 5.44. The summed E-state index contributed by atoms with van der Waals surface area (Å²) in [4.78, 5) is 11.9. The van der Waals surface area contributed by atoms with Crippen molar-refractivity contribution in [2.45, 2.75) is 19.3 Å². The number of nitrogens with zero attached hydrogens (tertiary/aromatic N) is 1. The molecule has 1 amide bonds. The molecule has 0 N–H and O–H groups in total. The van der Waals surface area contributed by atoms with Crippen molar-refractivity contribution in [1.29, 1.82) is 0 Å². The Morgan fingerprint density at radius 2 is 2.00 bits per heavy atom. The Labute approximate surface area is 106 Å². The molecular formula is C10H15NOY-2. The van der Waals surface area contributed by atoms with Crippen molar-refractivity contribution in [1.82, 2.24) is 4.90 Å². The van der Waals surface area contributed by atoms with E-state index in [-0.39, 0.29) is 40.1 Å². The van der Waals surface area contributed by atoms with Crippen LogP contribution in [0.15, 0.2) is 0 Å². The zero-order valence-electron chi connectivity index (χ0n) is 8.12. The Morgan fingerprint density at radius 3 is 2.38 bits per heavy atom. The molecule has 0 aromatic carbocycles. The summed E-state index contributed by atoms with van der Waals surface area (Å²) >= 11 is 0. The van der Waals surface area contributed by atoms with Crippen molar-refractivity contribution in [2.75, 3.05) is 13.1 Å². The second-order valence-electron chi connectivity index (χ2n) is 2.93. The van der Waals surface area contributed by atoms with Gasteiger partial charge in [0.1, 0.15) is 0 Å². The Hall–Kier alpha value is 0.134. The van der Waals surface area contributed by atoms with Gasteiger partial charge in [-0.05, 0) is 31.8 Å². The van der Waals surface area contributed by atoms with E-state index in [0.717, 1.165) is 32.4 Å². The van der Waals surface area contributed by atoms with E-state index in [1.54, 1.807) is 4.90 Å². The van der Waals surface area contributed by atoms with E-state index in [4.69, 9.17) is 6.42 Å². The molecule has 0 spiro atoms. The molecule has 0 saturated carbocycles. The van der Waals surface area contributed by atoms with Crippen molar-refractivity contribution in [3.8, 4) is 12.3 Å². The summed E-state index contributed by atoms with van der Waals surface area (Å²) in [6.07, 6.45) is 10.0. The van der Waals surface area contributed by atoms with Crippen LogP contribution < -0.4 is 0 Å². The molecule has 0 unspecified atom stereocenters. The standard InChI is InChI=1S/C9H12NO.CH3.Y/c1-2-3-9-4-6-10(8-11)7-5-9;;/h1,9H,3-7H2;1H3;/q2*-1;.